The molecule has 3 aromatic heterocycles. The van der Waals surface area contributed by atoms with E-state index in [-0.39, 0.29) is 5.54 Å². The first kappa shape index (κ1) is 16.4. The van der Waals surface area contributed by atoms with Crippen molar-refractivity contribution < 1.29 is 4.79 Å². The van der Waals surface area contributed by atoms with E-state index in [1.165, 1.54) is 12.4 Å². The first-order valence-corrected chi connectivity index (χ1v) is 7.61. The first-order chi connectivity index (χ1) is 11.8. The number of nitriles is 1. The van der Waals surface area contributed by atoms with Gasteiger partial charge in [0.05, 0.1) is 23.0 Å². The molecule has 126 valence electrons. The van der Waals surface area contributed by atoms with Crippen LogP contribution in [0.3, 0.4) is 0 Å². The number of rotatable bonds is 3. The van der Waals surface area contributed by atoms with Gasteiger partial charge < -0.3 is 11.1 Å². The minimum Gasteiger partial charge on any atom is -0.380 e. The summed E-state index contributed by atoms with van der Waals surface area (Å²) in [5, 5.41) is 17.2. The maximum absolute atomic E-state index is 11.7. The van der Waals surface area contributed by atoms with Crippen LogP contribution in [0.4, 0.5) is 5.69 Å². The van der Waals surface area contributed by atoms with Gasteiger partial charge in [0.2, 0.25) is 0 Å². The van der Waals surface area contributed by atoms with Crippen molar-refractivity contribution >= 4 is 22.6 Å². The van der Waals surface area contributed by atoms with Gasteiger partial charge in [0.25, 0.3) is 5.91 Å². The van der Waals surface area contributed by atoms with Gasteiger partial charge in [-0.25, -0.2) is 9.97 Å². The summed E-state index contributed by atoms with van der Waals surface area (Å²) in [6.07, 6.45) is 4.51. The molecule has 3 rings (SSSR count). The standard InChI is InChI=1S/C17H17N7O/c1-17(2,3)23-13-5-14(20-9-12(13)15(19)25)24-16-11(8-22-24)4-10(6-18)7-21-16/h4-5,7-9H,1-3H3,(H2,19,25)(H,20,23). The number of primary amides is 1. The fourth-order valence-electron chi connectivity index (χ4n) is 2.41. The van der Waals surface area contributed by atoms with Gasteiger partial charge >= 0.3 is 0 Å². The smallest absolute Gasteiger partial charge is 0.252 e. The molecule has 3 N–H and O–H groups in total. The quantitative estimate of drug-likeness (QED) is 0.754. The highest BCUT2D eigenvalue weighted by atomic mass is 16.1. The molecule has 3 heterocycles. The molecule has 0 saturated heterocycles. The number of fused-ring (bicyclic) bond motifs is 1. The summed E-state index contributed by atoms with van der Waals surface area (Å²) < 4.78 is 1.55. The zero-order valence-corrected chi connectivity index (χ0v) is 14.1. The van der Waals surface area contributed by atoms with Crippen LogP contribution in [-0.4, -0.2) is 31.2 Å². The van der Waals surface area contributed by atoms with Crippen LogP contribution in [0.5, 0.6) is 0 Å². The van der Waals surface area contributed by atoms with Gasteiger partial charge in [-0.1, -0.05) is 0 Å². The Balaban J connectivity index is 2.13. The lowest BCUT2D eigenvalue weighted by molar-refractivity contribution is 0.100. The summed E-state index contributed by atoms with van der Waals surface area (Å²) in [5.41, 5.74) is 7.07. The summed E-state index contributed by atoms with van der Waals surface area (Å²) >= 11 is 0. The minimum absolute atomic E-state index is 0.269. The van der Waals surface area contributed by atoms with Crippen molar-refractivity contribution in [3.63, 3.8) is 0 Å². The predicted molar refractivity (Wildman–Crippen MR) is 93.3 cm³/mol. The van der Waals surface area contributed by atoms with E-state index < -0.39 is 5.91 Å². The fourth-order valence-corrected chi connectivity index (χ4v) is 2.41. The molecule has 0 aromatic carbocycles. The zero-order chi connectivity index (χ0) is 18.2. The lowest BCUT2D eigenvalue weighted by Gasteiger charge is -2.23. The monoisotopic (exact) mass is 335 g/mol. The van der Waals surface area contributed by atoms with Crippen molar-refractivity contribution in [2.24, 2.45) is 5.73 Å². The Kier molecular flexibility index (Phi) is 3.85. The molecule has 8 heteroatoms. The molecule has 3 aromatic rings. The number of hydrogen-bond donors (Lipinski definition) is 2. The minimum atomic E-state index is -0.562. The summed E-state index contributed by atoms with van der Waals surface area (Å²) in [4.78, 5) is 20.2. The highest BCUT2D eigenvalue weighted by molar-refractivity contribution is 5.98. The zero-order valence-electron chi connectivity index (χ0n) is 14.1. The van der Waals surface area contributed by atoms with E-state index in [1.54, 1.807) is 23.0 Å². The van der Waals surface area contributed by atoms with E-state index in [0.29, 0.717) is 28.3 Å². The van der Waals surface area contributed by atoms with E-state index in [9.17, 15) is 4.79 Å². The summed E-state index contributed by atoms with van der Waals surface area (Å²) in [6.45, 7) is 5.93. The van der Waals surface area contributed by atoms with Crippen molar-refractivity contribution in [2.75, 3.05) is 5.32 Å². The van der Waals surface area contributed by atoms with E-state index >= 15 is 0 Å². The van der Waals surface area contributed by atoms with Crippen molar-refractivity contribution in [1.82, 2.24) is 19.7 Å². The average molecular weight is 335 g/mol. The van der Waals surface area contributed by atoms with Crippen molar-refractivity contribution in [3.8, 4) is 11.9 Å². The molecule has 0 radical (unpaired) electrons. The maximum atomic E-state index is 11.7. The predicted octanol–water partition coefficient (Wildman–Crippen LogP) is 2.00. The SMILES string of the molecule is CC(C)(C)Nc1cc(-n2ncc3cc(C#N)cnc32)ncc1C(N)=O. The highest BCUT2D eigenvalue weighted by Gasteiger charge is 2.18. The third-order valence-electron chi connectivity index (χ3n) is 3.42. The first-order valence-electron chi connectivity index (χ1n) is 7.61. The normalized spacial score (nSPS) is 11.3. The molecule has 0 aliphatic rings. The summed E-state index contributed by atoms with van der Waals surface area (Å²) in [6, 6.07) is 5.46. The Labute approximate surface area is 144 Å². The van der Waals surface area contributed by atoms with Gasteiger partial charge in [-0.3, -0.25) is 4.79 Å². The number of pyridine rings is 2. The Hall–Kier alpha value is -3.47. The molecule has 25 heavy (non-hydrogen) atoms. The van der Waals surface area contributed by atoms with E-state index in [4.69, 9.17) is 11.0 Å². The number of carbonyl (C=O) groups excluding carboxylic acids is 1. The van der Waals surface area contributed by atoms with Crippen molar-refractivity contribution in [1.29, 1.82) is 5.26 Å². The average Bonchev–Trinajstić information content (AvgIpc) is 2.95. The van der Waals surface area contributed by atoms with Crippen LogP contribution < -0.4 is 11.1 Å². The molecular formula is C17H17N7O. The number of amides is 1. The molecule has 0 aliphatic carbocycles. The molecule has 0 spiro atoms. The molecule has 1 amide bonds. The van der Waals surface area contributed by atoms with Crippen molar-refractivity contribution in [2.45, 2.75) is 26.3 Å². The number of nitrogens with one attached hydrogen (secondary N) is 1. The van der Waals surface area contributed by atoms with E-state index in [2.05, 4.69) is 20.4 Å². The van der Waals surface area contributed by atoms with Crippen LogP contribution in [0.2, 0.25) is 0 Å². The van der Waals surface area contributed by atoms with Crippen LogP contribution in [0.15, 0.2) is 30.7 Å². The van der Waals surface area contributed by atoms with Gasteiger partial charge in [0, 0.05) is 29.4 Å². The number of carbonyl (C=O) groups is 1. The van der Waals surface area contributed by atoms with Gasteiger partial charge in [-0.15, -0.1) is 0 Å². The Morgan fingerprint density at radius 3 is 2.64 bits per heavy atom. The number of nitrogens with zero attached hydrogens (tertiary/aromatic N) is 5. The van der Waals surface area contributed by atoms with Gasteiger partial charge in [0.1, 0.15) is 6.07 Å². The highest BCUT2D eigenvalue weighted by Crippen LogP contribution is 2.23. The summed E-state index contributed by atoms with van der Waals surface area (Å²) in [7, 11) is 0. The van der Waals surface area contributed by atoms with Gasteiger partial charge in [-0.2, -0.15) is 15.0 Å². The number of aromatic nitrogens is 4. The molecule has 0 bridgehead atoms. The van der Waals surface area contributed by atoms with Crippen LogP contribution in [0.1, 0.15) is 36.7 Å². The largest absolute Gasteiger partial charge is 0.380 e. The maximum Gasteiger partial charge on any atom is 0.252 e. The lowest BCUT2D eigenvalue weighted by Crippen LogP contribution is -2.28. The third kappa shape index (κ3) is 3.26. The Morgan fingerprint density at radius 1 is 1.24 bits per heavy atom. The van der Waals surface area contributed by atoms with Gasteiger partial charge in [0.15, 0.2) is 11.5 Å². The second-order valence-electron chi connectivity index (χ2n) is 6.63. The molecule has 0 aliphatic heterocycles. The van der Waals surface area contributed by atoms with E-state index in [1.807, 2.05) is 26.8 Å². The Bertz CT molecular complexity index is 1010. The second kappa shape index (κ2) is 5.87. The molecule has 0 fully saturated rings. The second-order valence-corrected chi connectivity index (χ2v) is 6.63. The van der Waals surface area contributed by atoms with Crippen LogP contribution in [0, 0.1) is 11.3 Å². The lowest BCUT2D eigenvalue weighted by atomic mass is 10.1. The fraction of sp³-hybridized carbons (Fsp3) is 0.235. The van der Waals surface area contributed by atoms with E-state index in [0.717, 1.165) is 5.39 Å². The molecular weight excluding hydrogens is 318 g/mol. The molecule has 8 nitrogen and oxygen atoms in total. The van der Waals surface area contributed by atoms with Crippen LogP contribution in [-0.2, 0) is 0 Å². The summed E-state index contributed by atoms with van der Waals surface area (Å²) in [5.74, 6) is -0.0723. The molecule has 0 atom stereocenters. The number of hydrogen-bond acceptors (Lipinski definition) is 6. The van der Waals surface area contributed by atoms with Crippen molar-refractivity contribution in [3.05, 3.63) is 41.9 Å². The molecule has 0 unspecified atom stereocenters. The number of nitrogens with two attached hydrogens (primary N) is 1. The topological polar surface area (TPSA) is 123 Å². The third-order valence-corrected chi connectivity index (χ3v) is 3.42. The Morgan fingerprint density at radius 2 is 2.00 bits per heavy atom. The van der Waals surface area contributed by atoms with Crippen LogP contribution in [0.25, 0.3) is 16.9 Å². The molecule has 0 saturated carbocycles. The number of anilines is 1. The van der Waals surface area contributed by atoms with Crippen LogP contribution >= 0.6 is 0 Å². The van der Waals surface area contributed by atoms with Gasteiger partial charge in [-0.05, 0) is 26.8 Å².